The number of halogens is 1. The molecular weight excluding hydrogens is 238 g/mol. The van der Waals surface area contributed by atoms with Gasteiger partial charge in [-0.05, 0) is 24.3 Å². The van der Waals surface area contributed by atoms with Gasteiger partial charge in [-0.15, -0.1) is 0 Å². The predicted octanol–water partition coefficient (Wildman–Crippen LogP) is 3.07. The maximum atomic E-state index is 5.93. The number of furan rings is 1. The zero-order valence-corrected chi connectivity index (χ0v) is 9.90. The van der Waals surface area contributed by atoms with Crippen LogP contribution in [0.5, 0.6) is 0 Å². The lowest BCUT2D eigenvalue weighted by molar-refractivity contribution is 0.618. The largest absolute Gasteiger partial charge is 0.454 e. The first-order valence-corrected chi connectivity index (χ1v) is 5.50. The Morgan fingerprint density at radius 2 is 2.12 bits per heavy atom. The first-order valence-electron chi connectivity index (χ1n) is 5.12. The van der Waals surface area contributed by atoms with Gasteiger partial charge in [0.2, 0.25) is 0 Å². The van der Waals surface area contributed by atoms with Gasteiger partial charge in [0.15, 0.2) is 5.76 Å². The van der Waals surface area contributed by atoms with Gasteiger partial charge in [0.1, 0.15) is 17.1 Å². The van der Waals surface area contributed by atoms with Crippen LogP contribution in [0.2, 0.25) is 5.02 Å². The number of benzene rings is 1. The molecule has 1 aromatic carbocycles. The molecule has 2 N–H and O–H groups in total. The van der Waals surface area contributed by atoms with Crippen LogP contribution in [0, 0.1) is 0 Å². The molecule has 0 aliphatic carbocycles. The van der Waals surface area contributed by atoms with Crippen molar-refractivity contribution < 1.29 is 4.42 Å². The molecule has 0 radical (unpaired) electrons. The minimum Gasteiger partial charge on any atom is -0.454 e. The Morgan fingerprint density at radius 3 is 2.82 bits per heavy atom. The lowest BCUT2D eigenvalue weighted by atomic mass is 10.2. The van der Waals surface area contributed by atoms with Gasteiger partial charge in [0.05, 0.1) is 0 Å². The van der Waals surface area contributed by atoms with Gasteiger partial charge in [-0.25, -0.2) is 0 Å². The Balaban J connectivity index is 2.21. The van der Waals surface area contributed by atoms with Crippen molar-refractivity contribution in [3.63, 3.8) is 0 Å². The molecule has 3 aromatic rings. The van der Waals surface area contributed by atoms with Crippen LogP contribution >= 0.6 is 11.6 Å². The van der Waals surface area contributed by atoms with Crippen LogP contribution in [-0.2, 0) is 7.05 Å². The zero-order valence-electron chi connectivity index (χ0n) is 9.14. The highest BCUT2D eigenvalue weighted by Gasteiger charge is 2.11. The summed E-state index contributed by atoms with van der Waals surface area (Å²) in [5.41, 5.74) is 7.28. The van der Waals surface area contributed by atoms with E-state index in [0.717, 1.165) is 22.4 Å². The highest BCUT2D eigenvalue weighted by Crippen LogP contribution is 2.29. The molecule has 2 heterocycles. The number of nitrogens with zero attached hydrogens (tertiary/aromatic N) is 2. The Labute approximate surface area is 103 Å². The van der Waals surface area contributed by atoms with Crippen molar-refractivity contribution >= 4 is 28.4 Å². The molecule has 2 aromatic heterocycles. The summed E-state index contributed by atoms with van der Waals surface area (Å²) in [4.78, 5) is 0. The Morgan fingerprint density at radius 1 is 1.29 bits per heavy atom. The third-order valence-electron chi connectivity index (χ3n) is 2.63. The zero-order chi connectivity index (χ0) is 12.0. The van der Waals surface area contributed by atoms with Gasteiger partial charge >= 0.3 is 0 Å². The molecule has 0 spiro atoms. The monoisotopic (exact) mass is 247 g/mol. The molecule has 0 bridgehead atoms. The second-order valence-corrected chi connectivity index (χ2v) is 4.31. The van der Waals surface area contributed by atoms with Crippen LogP contribution in [-0.4, -0.2) is 9.78 Å². The highest BCUT2D eigenvalue weighted by molar-refractivity contribution is 6.31. The summed E-state index contributed by atoms with van der Waals surface area (Å²) in [5.74, 6) is 1.20. The van der Waals surface area contributed by atoms with Crippen LogP contribution in [0.15, 0.2) is 34.7 Å². The summed E-state index contributed by atoms with van der Waals surface area (Å²) in [6, 6.07) is 9.22. The van der Waals surface area contributed by atoms with Gasteiger partial charge in [0, 0.05) is 23.5 Å². The summed E-state index contributed by atoms with van der Waals surface area (Å²) in [5, 5.41) is 5.74. The number of aryl methyl sites for hydroxylation is 1. The summed E-state index contributed by atoms with van der Waals surface area (Å²) in [7, 11) is 1.83. The quantitative estimate of drug-likeness (QED) is 0.719. The first-order chi connectivity index (χ1) is 8.13. The van der Waals surface area contributed by atoms with Gasteiger partial charge in [-0.2, -0.15) is 5.10 Å². The molecule has 4 nitrogen and oxygen atoms in total. The molecule has 17 heavy (non-hydrogen) atoms. The lowest BCUT2D eigenvalue weighted by Gasteiger charge is -1.94. The molecule has 0 aliphatic rings. The number of fused-ring (bicyclic) bond motifs is 1. The van der Waals surface area contributed by atoms with E-state index in [2.05, 4.69) is 5.10 Å². The normalized spacial score (nSPS) is 11.2. The summed E-state index contributed by atoms with van der Waals surface area (Å²) in [6.07, 6.45) is 0. The van der Waals surface area contributed by atoms with Crippen LogP contribution in [0.4, 0.5) is 5.82 Å². The molecule has 5 heteroatoms. The van der Waals surface area contributed by atoms with Crippen LogP contribution in [0.3, 0.4) is 0 Å². The molecular formula is C12H10ClN3O. The van der Waals surface area contributed by atoms with E-state index in [9.17, 15) is 0 Å². The van der Waals surface area contributed by atoms with E-state index in [1.807, 2.05) is 25.2 Å². The number of anilines is 1. The molecule has 0 fully saturated rings. The summed E-state index contributed by atoms with van der Waals surface area (Å²) >= 11 is 5.93. The molecule has 0 unspecified atom stereocenters. The van der Waals surface area contributed by atoms with E-state index in [1.165, 1.54) is 0 Å². The molecule has 0 saturated heterocycles. The Hall–Kier alpha value is -1.94. The number of hydrogen-bond donors (Lipinski definition) is 1. The second-order valence-electron chi connectivity index (χ2n) is 3.87. The fourth-order valence-electron chi connectivity index (χ4n) is 1.86. The van der Waals surface area contributed by atoms with Crippen LogP contribution in [0.1, 0.15) is 0 Å². The smallest absolute Gasteiger partial charge is 0.153 e. The van der Waals surface area contributed by atoms with Crippen LogP contribution < -0.4 is 5.73 Å². The molecule has 0 saturated carbocycles. The summed E-state index contributed by atoms with van der Waals surface area (Å²) in [6.45, 7) is 0. The molecule has 0 atom stereocenters. The summed E-state index contributed by atoms with van der Waals surface area (Å²) < 4.78 is 7.42. The highest BCUT2D eigenvalue weighted by atomic mass is 35.5. The number of aromatic nitrogens is 2. The number of nitrogen functional groups attached to an aromatic ring is 1. The molecule has 0 aliphatic heterocycles. The van der Waals surface area contributed by atoms with Crippen molar-refractivity contribution in [1.82, 2.24) is 9.78 Å². The van der Waals surface area contributed by atoms with Gasteiger partial charge < -0.3 is 10.2 Å². The standard InChI is InChI=1S/C12H10ClN3O/c1-16-9(6-12(14)15-16)11-5-7-4-8(13)2-3-10(7)17-11/h2-6H,1H3,(H2,14,15). The van der Waals surface area contributed by atoms with Gasteiger partial charge in [-0.3, -0.25) is 4.68 Å². The first kappa shape index (κ1) is 10.2. The van der Waals surface area contributed by atoms with Gasteiger partial charge in [0.25, 0.3) is 0 Å². The molecule has 3 rings (SSSR count). The predicted molar refractivity (Wildman–Crippen MR) is 67.8 cm³/mol. The second kappa shape index (κ2) is 3.53. The Kier molecular flexibility index (Phi) is 2.12. The number of nitrogens with two attached hydrogens (primary N) is 1. The van der Waals surface area contributed by atoms with E-state index in [-0.39, 0.29) is 0 Å². The molecule has 86 valence electrons. The number of hydrogen-bond acceptors (Lipinski definition) is 3. The van der Waals surface area contributed by atoms with Crippen molar-refractivity contribution in [1.29, 1.82) is 0 Å². The van der Waals surface area contributed by atoms with E-state index >= 15 is 0 Å². The topological polar surface area (TPSA) is 57.0 Å². The maximum Gasteiger partial charge on any atom is 0.153 e. The average molecular weight is 248 g/mol. The third-order valence-corrected chi connectivity index (χ3v) is 2.86. The average Bonchev–Trinajstić information content (AvgIpc) is 2.80. The van der Waals surface area contributed by atoms with E-state index < -0.39 is 0 Å². The lowest BCUT2D eigenvalue weighted by Crippen LogP contribution is -1.93. The third kappa shape index (κ3) is 1.66. The maximum absolute atomic E-state index is 5.93. The van der Waals surface area contributed by atoms with Crippen molar-refractivity contribution in [2.45, 2.75) is 0 Å². The van der Waals surface area contributed by atoms with Gasteiger partial charge in [-0.1, -0.05) is 11.6 Å². The van der Waals surface area contributed by atoms with Crippen molar-refractivity contribution in [2.24, 2.45) is 7.05 Å². The minimum atomic E-state index is 0.473. The van der Waals surface area contributed by atoms with Crippen LogP contribution in [0.25, 0.3) is 22.4 Å². The Bertz CT molecular complexity index is 699. The van der Waals surface area contributed by atoms with E-state index in [1.54, 1.807) is 16.8 Å². The van der Waals surface area contributed by atoms with E-state index in [0.29, 0.717) is 10.8 Å². The van der Waals surface area contributed by atoms with Crippen molar-refractivity contribution in [2.75, 3.05) is 5.73 Å². The minimum absolute atomic E-state index is 0.473. The molecule has 0 amide bonds. The van der Waals surface area contributed by atoms with E-state index in [4.69, 9.17) is 21.8 Å². The number of rotatable bonds is 1. The fraction of sp³-hybridized carbons (Fsp3) is 0.0833. The van der Waals surface area contributed by atoms with Crippen molar-refractivity contribution in [3.8, 4) is 11.5 Å². The fourth-order valence-corrected chi connectivity index (χ4v) is 2.04. The SMILES string of the molecule is Cn1nc(N)cc1-c1cc2cc(Cl)ccc2o1. The van der Waals surface area contributed by atoms with Crippen molar-refractivity contribution in [3.05, 3.63) is 35.4 Å².